The van der Waals surface area contributed by atoms with Crippen molar-refractivity contribution in [3.8, 4) is 17.2 Å². The molecule has 33 heavy (non-hydrogen) atoms. The van der Waals surface area contributed by atoms with Crippen LogP contribution in [0.1, 0.15) is 48.0 Å². The maximum Gasteiger partial charge on any atom is 0.217 e. The zero-order chi connectivity index (χ0) is 23.5. The van der Waals surface area contributed by atoms with Gasteiger partial charge in [-0.25, -0.2) is 0 Å². The summed E-state index contributed by atoms with van der Waals surface area (Å²) in [5.74, 6) is 1.96. The van der Waals surface area contributed by atoms with Crippen LogP contribution in [0.25, 0.3) is 0 Å². The van der Waals surface area contributed by atoms with Gasteiger partial charge in [-0.15, -0.1) is 0 Å². The average Bonchev–Trinajstić information content (AvgIpc) is 3.36. The number of fused-ring (bicyclic) bond motifs is 1. The molecule has 0 aromatic heterocycles. The number of aryl methyl sites for hydroxylation is 1. The van der Waals surface area contributed by atoms with Crippen LogP contribution in [0, 0.1) is 0 Å². The van der Waals surface area contributed by atoms with E-state index in [1.807, 2.05) is 6.07 Å². The first-order chi connectivity index (χ1) is 16.0. The number of methoxy groups -OCH3 is 1. The molecule has 4 rings (SSSR count). The van der Waals surface area contributed by atoms with E-state index in [1.54, 1.807) is 31.4 Å². The van der Waals surface area contributed by atoms with E-state index in [0.717, 1.165) is 17.9 Å². The van der Waals surface area contributed by atoms with E-state index in [2.05, 4.69) is 17.0 Å². The van der Waals surface area contributed by atoms with E-state index in [4.69, 9.17) is 19.9 Å². The fourth-order valence-electron chi connectivity index (χ4n) is 3.91. The molecule has 0 bridgehead atoms. The van der Waals surface area contributed by atoms with Gasteiger partial charge in [0.15, 0.2) is 17.3 Å². The van der Waals surface area contributed by atoms with E-state index >= 15 is 0 Å². The smallest absolute Gasteiger partial charge is 0.217 e. The Labute approximate surface area is 195 Å². The lowest BCUT2D eigenvalue weighted by molar-refractivity contribution is -0.118. The SMILES string of the molecule is COc1ccc(C(=O)CCC(N)=O)cc1.c1cc2c(cc1CCCN1CCCC1)OCCO2. The molecule has 0 saturated carbocycles. The fraction of sp³-hybridized carbons (Fsp3) is 0.462. The molecule has 2 heterocycles. The number of carbonyl (C=O) groups excluding carboxylic acids is 2. The van der Waals surface area contributed by atoms with Crippen molar-refractivity contribution in [1.82, 2.24) is 4.90 Å². The van der Waals surface area contributed by atoms with Gasteiger partial charge in [0.2, 0.25) is 5.91 Å². The number of Topliss-reactive ketones (excluding diaryl/α,β-unsaturated/α-hetero) is 1. The minimum Gasteiger partial charge on any atom is -0.497 e. The van der Waals surface area contributed by atoms with Gasteiger partial charge in [0.1, 0.15) is 19.0 Å². The molecule has 1 saturated heterocycles. The van der Waals surface area contributed by atoms with Crippen LogP contribution in [-0.2, 0) is 11.2 Å². The average molecular weight is 455 g/mol. The van der Waals surface area contributed by atoms with Gasteiger partial charge in [-0.2, -0.15) is 0 Å². The predicted octanol–water partition coefficient (Wildman–Crippen LogP) is 3.63. The van der Waals surface area contributed by atoms with E-state index in [9.17, 15) is 9.59 Å². The van der Waals surface area contributed by atoms with E-state index < -0.39 is 5.91 Å². The second-order valence-electron chi connectivity index (χ2n) is 8.25. The summed E-state index contributed by atoms with van der Waals surface area (Å²) in [6.07, 6.45) is 5.37. The van der Waals surface area contributed by atoms with Crippen LogP contribution in [0.2, 0.25) is 0 Å². The number of amides is 1. The predicted molar refractivity (Wildman–Crippen MR) is 127 cm³/mol. The Morgan fingerprint density at radius 3 is 2.33 bits per heavy atom. The standard InChI is InChI=1S/C15H21NO2.C11H13NO3/c1-2-8-16(7-1)9-3-4-13-5-6-14-15(12-13)18-11-10-17-14;1-15-9-4-2-8(3-5-9)10(13)6-7-11(12)14/h5-6,12H,1-4,7-11H2;2-5H,6-7H2,1H3,(H2,12,14). The van der Waals surface area contributed by atoms with E-state index in [-0.39, 0.29) is 18.6 Å². The molecule has 0 radical (unpaired) electrons. The number of ketones is 1. The molecule has 2 aromatic carbocycles. The fourth-order valence-corrected chi connectivity index (χ4v) is 3.91. The number of ether oxygens (including phenoxy) is 3. The quantitative estimate of drug-likeness (QED) is 0.582. The molecule has 0 unspecified atom stereocenters. The number of nitrogens with two attached hydrogens (primary N) is 1. The summed E-state index contributed by atoms with van der Waals surface area (Å²) in [5.41, 5.74) is 6.88. The van der Waals surface area contributed by atoms with Crippen molar-refractivity contribution >= 4 is 11.7 Å². The summed E-state index contributed by atoms with van der Waals surface area (Å²) in [6, 6.07) is 13.1. The van der Waals surface area contributed by atoms with Gasteiger partial charge in [0, 0.05) is 18.4 Å². The van der Waals surface area contributed by atoms with Crippen molar-refractivity contribution in [1.29, 1.82) is 0 Å². The highest BCUT2D eigenvalue weighted by molar-refractivity contribution is 5.97. The summed E-state index contributed by atoms with van der Waals surface area (Å²) in [7, 11) is 1.56. The molecule has 2 N–H and O–H groups in total. The van der Waals surface area contributed by atoms with Gasteiger partial charge >= 0.3 is 0 Å². The van der Waals surface area contributed by atoms with Crippen LogP contribution in [0.4, 0.5) is 0 Å². The van der Waals surface area contributed by atoms with Crippen molar-refractivity contribution < 1.29 is 23.8 Å². The minimum atomic E-state index is -0.461. The normalized spacial score (nSPS) is 14.8. The molecule has 178 valence electrons. The van der Waals surface area contributed by atoms with E-state index in [0.29, 0.717) is 24.5 Å². The number of nitrogens with zero attached hydrogens (tertiary/aromatic N) is 1. The van der Waals surface area contributed by atoms with Crippen molar-refractivity contribution in [2.45, 2.75) is 38.5 Å². The number of rotatable bonds is 9. The summed E-state index contributed by atoms with van der Waals surface area (Å²) < 4.78 is 16.1. The molecule has 7 nitrogen and oxygen atoms in total. The van der Waals surface area contributed by atoms with Crippen LogP contribution in [0.5, 0.6) is 17.2 Å². The zero-order valence-corrected chi connectivity index (χ0v) is 19.4. The number of hydrogen-bond donors (Lipinski definition) is 1. The van der Waals surface area contributed by atoms with Crippen molar-refractivity contribution in [3.05, 3.63) is 53.6 Å². The lowest BCUT2D eigenvalue weighted by Gasteiger charge is -2.19. The third-order valence-corrected chi connectivity index (χ3v) is 5.76. The van der Waals surface area contributed by atoms with Crippen LogP contribution in [-0.4, -0.2) is 56.5 Å². The third kappa shape index (κ3) is 8.09. The lowest BCUT2D eigenvalue weighted by atomic mass is 10.1. The second kappa shape index (κ2) is 12.8. The van der Waals surface area contributed by atoms with Crippen LogP contribution < -0.4 is 19.9 Å². The summed E-state index contributed by atoms with van der Waals surface area (Å²) in [6.45, 7) is 5.16. The minimum absolute atomic E-state index is 0.0866. The highest BCUT2D eigenvalue weighted by Crippen LogP contribution is 2.31. The number of carbonyl (C=O) groups is 2. The first-order valence-electron chi connectivity index (χ1n) is 11.6. The Kier molecular flexibility index (Phi) is 9.57. The Hall–Kier alpha value is -3.06. The molecule has 1 fully saturated rings. The Morgan fingerprint density at radius 1 is 0.970 bits per heavy atom. The zero-order valence-electron chi connectivity index (χ0n) is 19.4. The number of hydrogen-bond acceptors (Lipinski definition) is 6. The van der Waals surface area contributed by atoms with Gasteiger partial charge in [-0.1, -0.05) is 6.07 Å². The maximum absolute atomic E-state index is 11.5. The molecular weight excluding hydrogens is 420 g/mol. The highest BCUT2D eigenvalue weighted by atomic mass is 16.6. The maximum atomic E-state index is 11.5. The number of benzene rings is 2. The van der Waals surface area contributed by atoms with Gasteiger partial charge < -0.3 is 24.8 Å². The topological polar surface area (TPSA) is 91.1 Å². The molecular formula is C26H34N2O5. The van der Waals surface area contributed by atoms with Gasteiger partial charge in [-0.05, 0) is 87.3 Å². The van der Waals surface area contributed by atoms with Gasteiger partial charge in [-0.3, -0.25) is 9.59 Å². The second-order valence-corrected chi connectivity index (χ2v) is 8.25. The Bertz CT molecular complexity index is 907. The molecule has 1 amide bonds. The van der Waals surface area contributed by atoms with Crippen molar-refractivity contribution in [3.63, 3.8) is 0 Å². The third-order valence-electron chi connectivity index (χ3n) is 5.76. The highest BCUT2D eigenvalue weighted by Gasteiger charge is 2.13. The lowest BCUT2D eigenvalue weighted by Crippen LogP contribution is -2.20. The molecule has 2 aliphatic heterocycles. The first-order valence-corrected chi connectivity index (χ1v) is 11.6. The Balaban J connectivity index is 0.000000190. The van der Waals surface area contributed by atoms with E-state index in [1.165, 1.54) is 44.5 Å². The number of likely N-dealkylation sites (tertiary alicyclic amines) is 1. The summed E-state index contributed by atoms with van der Waals surface area (Å²) >= 11 is 0. The largest absolute Gasteiger partial charge is 0.497 e. The molecule has 7 heteroatoms. The van der Waals surface area contributed by atoms with Gasteiger partial charge in [0.25, 0.3) is 0 Å². The summed E-state index contributed by atoms with van der Waals surface area (Å²) in [5, 5.41) is 0. The van der Waals surface area contributed by atoms with Crippen LogP contribution in [0.15, 0.2) is 42.5 Å². The van der Waals surface area contributed by atoms with Gasteiger partial charge in [0.05, 0.1) is 7.11 Å². The Morgan fingerprint density at radius 2 is 1.67 bits per heavy atom. The van der Waals surface area contributed by atoms with Crippen molar-refractivity contribution in [2.75, 3.05) is 40.0 Å². The number of primary amides is 1. The molecule has 0 atom stereocenters. The first kappa shape index (κ1) is 24.6. The van der Waals surface area contributed by atoms with Crippen LogP contribution in [0.3, 0.4) is 0 Å². The summed E-state index contributed by atoms with van der Waals surface area (Å²) in [4.78, 5) is 24.6. The van der Waals surface area contributed by atoms with Crippen molar-refractivity contribution in [2.24, 2.45) is 5.73 Å². The molecule has 2 aromatic rings. The van der Waals surface area contributed by atoms with Crippen LogP contribution >= 0.6 is 0 Å². The molecule has 0 spiro atoms. The molecule has 0 aliphatic carbocycles. The molecule has 2 aliphatic rings. The monoisotopic (exact) mass is 454 g/mol.